The van der Waals surface area contributed by atoms with Gasteiger partial charge in [-0.25, -0.2) is 8.42 Å². The Kier molecular flexibility index (Phi) is 8.92. The lowest BCUT2D eigenvalue weighted by molar-refractivity contribution is -0.130. The van der Waals surface area contributed by atoms with Crippen LogP contribution in [-0.2, 0) is 14.8 Å². The molecule has 0 saturated carbocycles. The molecule has 0 aromatic heterocycles. The van der Waals surface area contributed by atoms with Crippen molar-refractivity contribution in [3.05, 3.63) is 29.8 Å². The molecule has 27 heavy (non-hydrogen) atoms. The molecule has 0 spiro atoms. The van der Waals surface area contributed by atoms with Gasteiger partial charge in [-0.2, -0.15) is 4.31 Å². The Bertz CT molecular complexity index is 728. The van der Waals surface area contributed by atoms with Gasteiger partial charge >= 0.3 is 0 Å². The van der Waals surface area contributed by atoms with Crippen molar-refractivity contribution in [2.24, 2.45) is 0 Å². The summed E-state index contributed by atoms with van der Waals surface area (Å²) in [5, 5.41) is 2.77. The Labute approximate surface area is 162 Å². The summed E-state index contributed by atoms with van der Waals surface area (Å²) >= 11 is 0. The molecular weight excluding hydrogens is 366 g/mol. The minimum atomic E-state index is -3.54. The summed E-state index contributed by atoms with van der Waals surface area (Å²) in [5.74, 6) is -0.320. The molecule has 0 heterocycles. The molecule has 8 heteroatoms. The number of sulfonamides is 1. The van der Waals surface area contributed by atoms with E-state index in [9.17, 15) is 18.0 Å². The molecule has 0 aliphatic carbocycles. The minimum Gasteiger partial charge on any atom is -0.350 e. The molecule has 0 saturated heterocycles. The number of hydrogen-bond donors (Lipinski definition) is 1. The van der Waals surface area contributed by atoms with E-state index in [4.69, 9.17) is 0 Å². The number of carbonyl (C=O) groups is 2. The third-order valence-electron chi connectivity index (χ3n) is 4.63. The minimum absolute atomic E-state index is 0.0236. The largest absolute Gasteiger partial charge is 0.350 e. The highest BCUT2D eigenvalue weighted by Gasteiger charge is 2.21. The second-order valence-electron chi connectivity index (χ2n) is 6.34. The van der Waals surface area contributed by atoms with Crippen LogP contribution in [-0.4, -0.2) is 61.7 Å². The van der Waals surface area contributed by atoms with Crippen molar-refractivity contribution in [1.82, 2.24) is 14.5 Å². The van der Waals surface area contributed by atoms with Crippen molar-refractivity contribution in [3.63, 3.8) is 0 Å². The molecule has 0 fully saturated rings. The number of nitrogens with zero attached hydrogens (tertiary/aromatic N) is 2. The first-order valence-electron chi connectivity index (χ1n) is 9.34. The Balaban J connectivity index is 2.74. The average Bonchev–Trinajstić information content (AvgIpc) is 2.65. The lowest BCUT2D eigenvalue weighted by Gasteiger charge is -2.27. The fourth-order valence-corrected chi connectivity index (χ4v) is 4.25. The number of carbonyl (C=O) groups excluding carboxylic acids is 2. The molecule has 0 aliphatic rings. The van der Waals surface area contributed by atoms with Crippen molar-refractivity contribution >= 4 is 21.8 Å². The van der Waals surface area contributed by atoms with Gasteiger partial charge in [0.2, 0.25) is 15.9 Å². The van der Waals surface area contributed by atoms with E-state index in [1.165, 1.54) is 35.5 Å². The van der Waals surface area contributed by atoms with Gasteiger partial charge in [0.05, 0.1) is 4.90 Å². The molecule has 1 rings (SSSR count). The van der Waals surface area contributed by atoms with Crippen LogP contribution in [0.15, 0.2) is 29.2 Å². The lowest BCUT2D eigenvalue weighted by Crippen LogP contribution is -2.42. The topological polar surface area (TPSA) is 86.8 Å². The SMILES string of the molecule is CCC(C)N(CCNC(=O)c1ccc(S(=O)(=O)N(CC)CC)cc1)C(C)=O. The maximum absolute atomic E-state index is 12.5. The molecule has 2 amide bonds. The Morgan fingerprint density at radius 1 is 1.07 bits per heavy atom. The van der Waals surface area contributed by atoms with Gasteiger partial charge in [0.25, 0.3) is 5.91 Å². The first-order valence-corrected chi connectivity index (χ1v) is 10.8. The van der Waals surface area contributed by atoms with Crippen LogP contribution in [0.4, 0.5) is 0 Å². The van der Waals surface area contributed by atoms with E-state index in [1.807, 2.05) is 13.8 Å². The summed E-state index contributed by atoms with van der Waals surface area (Å²) in [6, 6.07) is 6.02. The van der Waals surface area contributed by atoms with Gasteiger partial charge in [-0.1, -0.05) is 20.8 Å². The maximum atomic E-state index is 12.5. The van der Waals surface area contributed by atoms with E-state index in [2.05, 4.69) is 5.32 Å². The van der Waals surface area contributed by atoms with Gasteiger partial charge in [0.15, 0.2) is 0 Å². The van der Waals surface area contributed by atoms with Gasteiger partial charge < -0.3 is 10.2 Å². The normalized spacial score (nSPS) is 12.7. The van der Waals surface area contributed by atoms with E-state index >= 15 is 0 Å². The molecule has 7 nitrogen and oxygen atoms in total. The summed E-state index contributed by atoms with van der Waals surface area (Å²) < 4.78 is 26.3. The Morgan fingerprint density at radius 2 is 1.63 bits per heavy atom. The van der Waals surface area contributed by atoms with Gasteiger partial charge in [0, 0.05) is 44.7 Å². The first kappa shape index (κ1) is 23.1. The highest BCUT2D eigenvalue weighted by molar-refractivity contribution is 7.89. The molecule has 0 radical (unpaired) electrons. The second kappa shape index (κ2) is 10.4. The summed E-state index contributed by atoms with van der Waals surface area (Å²) in [5.41, 5.74) is 0.381. The van der Waals surface area contributed by atoms with Crippen molar-refractivity contribution in [2.75, 3.05) is 26.2 Å². The van der Waals surface area contributed by atoms with Crippen molar-refractivity contribution in [1.29, 1.82) is 0 Å². The average molecular weight is 398 g/mol. The van der Waals surface area contributed by atoms with E-state index in [0.717, 1.165) is 6.42 Å². The number of benzene rings is 1. The van der Waals surface area contributed by atoms with Gasteiger partial charge in [-0.15, -0.1) is 0 Å². The predicted molar refractivity (Wildman–Crippen MR) is 106 cm³/mol. The molecule has 0 bridgehead atoms. The fraction of sp³-hybridized carbons (Fsp3) is 0.579. The van der Waals surface area contributed by atoms with Crippen LogP contribution in [0.3, 0.4) is 0 Å². The zero-order valence-corrected chi connectivity index (χ0v) is 17.7. The number of nitrogens with one attached hydrogen (secondary N) is 1. The van der Waals surface area contributed by atoms with Crippen molar-refractivity contribution < 1.29 is 18.0 Å². The van der Waals surface area contributed by atoms with E-state index in [1.54, 1.807) is 18.7 Å². The van der Waals surface area contributed by atoms with Crippen LogP contribution in [0.25, 0.3) is 0 Å². The van der Waals surface area contributed by atoms with Crippen LogP contribution in [0, 0.1) is 0 Å². The van der Waals surface area contributed by atoms with Gasteiger partial charge in [0.1, 0.15) is 0 Å². The van der Waals surface area contributed by atoms with Crippen LogP contribution in [0.2, 0.25) is 0 Å². The van der Waals surface area contributed by atoms with Gasteiger partial charge in [-0.3, -0.25) is 9.59 Å². The third-order valence-corrected chi connectivity index (χ3v) is 6.69. The van der Waals surface area contributed by atoms with Crippen molar-refractivity contribution in [3.8, 4) is 0 Å². The van der Waals surface area contributed by atoms with Crippen LogP contribution in [0.5, 0.6) is 0 Å². The summed E-state index contributed by atoms with van der Waals surface area (Å²) in [6.45, 7) is 10.6. The highest BCUT2D eigenvalue weighted by atomic mass is 32.2. The molecule has 0 aliphatic heterocycles. The first-order chi connectivity index (χ1) is 12.7. The monoisotopic (exact) mass is 397 g/mol. The molecule has 1 aromatic rings. The molecule has 1 unspecified atom stereocenters. The molecule has 1 atom stereocenters. The number of amides is 2. The zero-order chi connectivity index (χ0) is 20.6. The van der Waals surface area contributed by atoms with E-state index < -0.39 is 10.0 Å². The zero-order valence-electron chi connectivity index (χ0n) is 16.9. The van der Waals surface area contributed by atoms with Crippen LogP contribution >= 0.6 is 0 Å². The quantitative estimate of drug-likeness (QED) is 0.655. The predicted octanol–water partition coefficient (Wildman–Crippen LogP) is 2.09. The standard InChI is InChI=1S/C19H31N3O4S/c1-6-15(4)22(16(5)23)14-13-20-19(24)17-9-11-18(12-10-17)27(25,26)21(7-2)8-3/h9-12,15H,6-8,13-14H2,1-5H3,(H,20,24). The lowest BCUT2D eigenvalue weighted by atomic mass is 10.2. The summed E-state index contributed by atoms with van der Waals surface area (Å²) in [4.78, 5) is 25.8. The van der Waals surface area contributed by atoms with E-state index in [0.29, 0.717) is 31.7 Å². The molecular formula is C19H31N3O4S. The highest BCUT2D eigenvalue weighted by Crippen LogP contribution is 2.16. The maximum Gasteiger partial charge on any atom is 0.251 e. The van der Waals surface area contributed by atoms with Crippen LogP contribution < -0.4 is 5.32 Å². The summed E-state index contributed by atoms with van der Waals surface area (Å²) in [6.07, 6.45) is 0.843. The summed E-state index contributed by atoms with van der Waals surface area (Å²) in [7, 11) is -3.54. The van der Waals surface area contributed by atoms with Crippen LogP contribution in [0.1, 0.15) is 51.4 Å². The van der Waals surface area contributed by atoms with Gasteiger partial charge in [-0.05, 0) is 37.6 Å². The second-order valence-corrected chi connectivity index (χ2v) is 8.28. The fourth-order valence-electron chi connectivity index (χ4n) is 2.79. The molecule has 1 N–H and O–H groups in total. The number of rotatable bonds is 10. The molecule has 1 aromatic carbocycles. The van der Waals surface area contributed by atoms with E-state index in [-0.39, 0.29) is 22.8 Å². The Hall–Kier alpha value is -1.93. The molecule has 152 valence electrons. The third kappa shape index (κ3) is 6.04. The Morgan fingerprint density at radius 3 is 2.07 bits per heavy atom. The van der Waals surface area contributed by atoms with Crippen molar-refractivity contribution in [2.45, 2.75) is 52.0 Å². The number of hydrogen-bond acceptors (Lipinski definition) is 4. The smallest absolute Gasteiger partial charge is 0.251 e.